The summed E-state index contributed by atoms with van der Waals surface area (Å²) in [7, 11) is 0. The summed E-state index contributed by atoms with van der Waals surface area (Å²) in [5, 5.41) is 0.989. The minimum Gasteiger partial charge on any atom is -0.197 e. The van der Waals surface area contributed by atoms with Crippen LogP contribution in [0.25, 0.3) is 0 Å². The minimum atomic E-state index is 0.989. The normalized spacial score (nSPS) is 10.0. The van der Waals surface area contributed by atoms with Gasteiger partial charge in [-0.15, -0.1) is 0 Å². The van der Waals surface area contributed by atoms with Gasteiger partial charge in [0.25, 0.3) is 0 Å². The molecule has 1 heterocycles. The molecule has 0 aliphatic carbocycles. The number of rotatable bonds is 2. The van der Waals surface area contributed by atoms with Gasteiger partial charge in [0, 0.05) is 11.8 Å². The Morgan fingerprint density at radius 2 is 2.44 bits per heavy atom. The Labute approximate surface area is 74.9 Å². The van der Waals surface area contributed by atoms with Gasteiger partial charge in [-0.1, -0.05) is 15.9 Å². The highest BCUT2D eigenvalue weighted by atomic mass is 79.9. The number of nitrogens with zero attached hydrogens (tertiary/aromatic N) is 1. The molecule has 1 aromatic heterocycles. The molecule has 0 aliphatic heterocycles. The summed E-state index contributed by atoms with van der Waals surface area (Å²) in [6.45, 7) is 0. The molecule has 0 amide bonds. The summed E-state index contributed by atoms with van der Waals surface area (Å²) in [6, 6.07) is 2.05. The lowest BCUT2D eigenvalue weighted by atomic mass is 10.4. The zero-order valence-corrected chi connectivity index (χ0v) is 8.59. The summed E-state index contributed by atoms with van der Waals surface area (Å²) in [4.78, 5) is 0. The molecule has 0 saturated carbocycles. The minimum absolute atomic E-state index is 0.989. The smallest absolute Gasteiger partial charge is 0.0908 e. The van der Waals surface area contributed by atoms with Crippen LogP contribution >= 0.6 is 43.4 Å². The fourth-order valence-corrected chi connectivity index (χ4v) is 1.93. The molecule has 0 atom stereocenters. The van der Waals surface area contributed by atoms with E-state index in [0.717, 1.165) is 21.2 Å². The zero-order chi connectivity index (χ0) is 6.69. The van der Waals surface area contributed by atoms with Crippen molar-refractivity contribution in [2.24, 2.45) is 0 Å². The van der Waals surface area contributed by atoms with Gasteiger partial charge in [0.15, 0.2) is 0 Å². The fraction of sp³-hybridized carbons (Fsp3) is 0.400. The standard InChI is InChI=1S/C5H5Br2NS/c6-2-1-4-3-5(7)9-8-4/h3H,1-2H2. The second kappa shape index (κ2) is 3.68. The van der Waals surface area contributed by atoms with Crippen LogP contribution in [0, 0.1) is 0 Å². The number of halogens is 2. The molecule has 4 heteroatoms. The first-order valence-electron chi connectivity index (χ1n) is 2.50. The van der Waals surface area contributed by atoms with E-state index in [-0.39, 0.29) is 0 Å². The van der Waals surface area contributed by atoms with Crippen LogP contribution in [-0.4, -0.2) is 9.70 Å². The van der Waals surface area contributed by atoms with Crippen molar-refractivity contribution in [2.45, 2.75) is 6.42 Å². The van der Waals surface area contributed by atoms with Crippen LogP contribution in [0.5, 0.6) is 0 Å². The van der Waals surface area contributed by atoms with Crippen LogP contribution in [0.15, 0.2) is 9.85 Å². The number of hydrogen-bond donors (Lipinski definition) is 0. The van der Waals surface area contributed by atoms with Gasteiger partial charge < -0.3 is 0 Å². The number of alkyl halides is 1. The molecule has 0 aliphatic rings. The van der Waals surface area contributed by atoms with Gasteiger partial charge in [0.1, 0.15) is 0 Å². The molecule has 0 fully saturated rings. The SMILES string of the molecule is BrCCc1cc(Br)sn1. The van der Waals surface area contributed by atoms with Crippen LogP contribution in [0.2, 0.25) is 0 Å². The van der Waals surface area contributed by atoms with Crippen molar-refractivity contribution in [2.75, 3.05) is 5.33 Å². The van der Waals surface area contributed by atoms with Gasteiger partial charge >= 0.3 is 0 Å². The summed E-state index contributed by atoms with van der Waals surface area (Å²) in [5.74, 6) is 0. The first kappa shape index (κ1) is 7.69. The van der Waals surface area contributed by atoms with E-state index in [2.05, 4.69) is 36.2 Å². The Kier molecular flexibility index (Phi) is 3.15. The third-order valence-electron chi connectivity index (χ3n) is 0.881. The Hall–Kier alpha value is 0.590. The third-order valence-corrected chi connectivity index (χ3v) is 2.56. The van der Waals surface area contributed by atoms with Crippen LogP contribution < -0.4 is 0 Å². The van der Waals surface area contributed by atoms with Gasteiger partial charge in [0.05, 0.1) is 9.48 Å². The second-order valence-corrected chi connectivity index (χ2v) is 4.54. The number of aryl methyl sites for hydroxylation is 1. The molecule has 9 heavy (non-hydrogen) atoms. The predicted octanol–water partition coefficient (Wildman–Crippen LogP) is 2.84. The quantitative estimate of drug-likeness (QED) is 0.754. The van der Waals surface area contributed by atoms with E-state index < -0.39 is 0 Å². The summed E-state index contributed by atoms with van der Waals surface area (Å²) in [5.41, 5.74) is 1.16. The lowest BCUT2D eigenvalue weighted by Crippen LogP contribution is -1.82. The van der Waals surface area contributed by atoms with Crippen molar-refractivity contribution < 1.29 is 0 Å². The molecule has 0 bridgehead atoms. The molecular weight excluding hydrogens is 266 g/mol. The molecule has 0 spiro atoms. The van der Waals surface area contributed by atoms with Crippen molar-refractivity contribution in [1.29, 1.82) is 0 Å². The number of aromatic nitrogens is 1. The van der Waals surface area contributed by atoms with E-state index in [0.29, 0.717) is 0 Å². The van der Waals surface area contributed by atoms with Crippen molar-refractivity contribution >= 4 is 43.4 Å². The highest BCUT2D eigenvalue weighted by molar-refractivity contribution is 9.11. The molecule has 1 nitrogen and oxygen atoms in total. The number of hydrogen-bond acceptors (Lipinski definition) is 2. The summed E-state index contributed by atoms with van der Waals surface area (Å²) < 4.78 is 5.28. The van der Waals surface area contributed by atoms with Crippen LogP contribution in [-0.2, 0) is 6.42 Å². The van der Waals surface area contributed by atoms with Crippen LogP contribution in [0.1, 0.15) is 5.69 Å². The molecule has 0 aromatic carbocycles. The predicted molar refractivity (Wildman–Crippen MR) is 47.3 cm³/mol. The molecule has 50 valence electrons. The van der Waals surface area contributed by atoms with E-state index in [4.69, 9.17) is 0 Å². The van der Waals surface area contributed by atoms with E-state index in [9.17, 15) is 0 Å². The van der Waals surface area contributed by atoms with Gasteiger partial charge in [-0.05, 0) is 33.5 Å². The average molecular weight is 271 g/mol. The monoisotopic (exact) mass is 269 g/mol. The Balaban J connectivity index is 2.61. The maximum atomic E-state index is 4.17. The van der Waals surface area contributed by atoms with E-state index in [1.807, 2.05) is 6.07 Å². The maximum Gasteiger partial charge on any atom is 0.0908 e. The molecule has 0 unspecified atom stereocenters. The molecule has 1 rings (SSSR count). The zero-order valence-electron chi connectivity index (χ0n) is 4.60. The Morgan fingerprint density at radius 3 is 2.89 bits per heavy atom. The summed E-state index contributed by atoms with van der Waals surface area (Å²) >= 11 is 8.18. The largest absolute Gasteiger partial charge is 0.197 e. The first-order valence-corrected chi connectivity index (χ1v) is 5.19. The van der Waals surface area contributed by atoms with Gasteiger partial charge in [-0.2, -0.15) is 4.37 Å². The molecule has 0 N–H and O–H groups in total. The van der Waals surface area contributed by atoms with E-state index >= 15 is 0 Å². The van der Waals surface area contributed by atoms with Crippen molar-refractivity contribution in [1.82, 2.24) is 4.37 Å². The maximum absolute atomic E-state index is 4.17. The lowest BCUT2D eigenvalue weighted by Gasteiger charge is -1.83. The molecule has 0 saturated heterocycles. The Bertz CT molecular complexity index is 187. The third kappa shape index (κ3) is 2.35. The fourth-order valence-electron chi connectivity index (χ4n) is 0.501. The highest BCUT2D eigenvalue weighted by Gasteiger charge is 1.95. The van der Waals surface area contributed by atoms with E-state index in [1.165, 1.54) is 11.5 Å². The van der Waals surface area contributed by atoms with Gasteiger partial charge in [-0.3, -0.25) is 0 Å². The van der Waals surface area contributed by atoms with Crippen molar-refractivity contribution in [3.63, 3.8) is 0 Å². The topological polar surface area (TPSA) is 12.9 Å². The van der Waals surface area contributed by atoms with Gasteiger partial charge in [0.2, 0.25) is 0 Å². The van der Waals surface area contributed by atoms with Crippen molar-refractivity contribution in [3.05, 3.63) is 15.5 Å². The summed E-state index contributed by atoms with van der Waals surface area (Å²) in [6.07, 6.45) is 1.02. The average Bonchev–Trinajstić information content (AvgIpc) is 2.17. The van der Waals surface area contributed by atoms with Crippen molar-refractivity contribution in [3.8, 4) is 0 Å². The van der Waals surface area contributed by atoms with Crippen LogP contribution in [0.3, 0.4) is 0 Å². The van der Waals surface area contributed by atoms with Gasteiger partial charge in [-0.25, -0.2) is 0 Å². The van der Waals surface area contributed by atoms with E-state index in [1.54, 1.807) is 0 Å². The Morgan fingerprint density at radius 1 is 1.67 bits per heavy atom. The second-order valence-electron chi connectivity index (χ2n) is 1.56. The molecular formula is C5H5Br2NS. The first-order chi connectivity index (χ1) is 4.33. The van der Waals surface area contributed by atoms with Crippen LogP contribution in [0.4, 0.5) is 0 Å². The lowest BCUT2D eigenvalue weighted by molar-refractivity contribution is 1.11. The highest BCUT2D eigenvalue weighted by Crippen LogP contribution is 2.17. The molecule has 1 aromatic rings. The molecule has 0 radical (unpaired) electrons.